The van der Waals surface area contributed by atoms with Gasteiger partial charge in [0.2, 0.25) is 10.0 Å². The highest BCUT2D eigenvalue weighted by Gasteiger charge is 2.42. The topological polar surface area (TPSA) is 105 Å². The summed E-state index contributed by atoms with van der Waals surface area (Å²) in [4.78, 5) is 6.43. The number of piperazine rings is 1. The summed E-state index contributed by atoms with van der Waals surface area (Å²) in [5.41, 5.74) is 0.785. The zero-order valence-corrected chi connectivity index (χ0v) is 21.0. The van der Waals surface area contributed by atoms with Gasteiger partial charge in [0.1, 0.15) is 17.3 Å². The van der Waals surface area contributed by atoms with E-state index in [0.29, 0.717) is 23.6 Å². The van der Waals surface area contributed by atoms with Crippen LogP contribution in [0.15, 0.2) is 23.4 Å². The summed E-state index contributed by atoms with van der Waals surface area (Å²) < 4.78 is 70.9. The highest BCUT2D eigenvalue weighted by molar-refractivity contribution is 7.89. The van der Waals surface area contributed by atoms with Crippen LogP contribution >= 0.6 is 11.3 Å². The first-order chi connectivity index (χ1) is 16.5. The van der Waals surface area contributed by atoms with Crippen molar-refractivity contribution in [3.63, 3.8) is 0 Å². The number of aromatic nitrogens is 4. The minimum Gasteiger partial charge on any atom is -0.363 e. The Hall–Kier alpha value is -2.29. The van der Waals surface area contributed by atoms with Gasteiger partial charge in [-0.25, -0.2) is 31.3 Å². The average Bonchev–Trinajstić information content (AvgIpc) is 3.19. The summed E-state index contributed by atoms with van der Waals surface area (Å²) in [6.07, 6.45) is 1.59. The van der Waals surface area contributed by atoms with Crippen molar-refractivity contribution in [2.45, 2.75) is 68.6 Å². The molecule has 3 aromatic rings. The van der Waals surface area contributed by atoms with Gasteiger partial charge in [-0.2, -0.15) is 0 Å². The molecule has 2 aliphatic rings. The van der Waals surface area contributed by atoms with Gasteiger partial charge < -0.3 is 10.2 Å². The lowest BCUT2D eigenvalue weighted by Gasteiger charge is -2.43. The number of sulfonamides is 1. The molecule has 2 N–H and O–H groups in total. The van der Waals surface area contributed by atoms with Crippen LogP contribution in [0.3, 0.4) is 0 Å². The average molecular weight is 530 g/mol. The second kappa shape index (κ2) is 8.68. The molecule has 2 fully saturated rings. The fourth-order valence-electron chi connectivity index (χ4n) is 4.31. The van der Waals surface area contributed by atoms with E-state index in [2.05, 4.69) is 25.2 Å². The Labute approximate surface area is 204 Å². The largest absolute Gasteiger partial charge is 0.363 e. The van der Waals surface area contributed by atoms with Gasteiger partial charge in [-0.05, 0) is 39.7 Å². The number of imidazole rings is 1. The first kappa shape index (κ1) is 24.4. The molecule has 4 heterocycles. The molecule has 0 aromatic carbocycles. The number of anilines is 1. The molecular weight excluding hydrogens is 503 g/mol. The molecule has 3 atom stereocenters. The quantitative estimate of drug-likeness (QED) is 0.485. The minimum atomic E-state index is -3.91. The maximum Gasteiger partial charge on any atom is 0.291 e. The van der Waals surface area contributed by atoms with E-state index < -0.39 is 39.7 Å². The molecule has 1 aliphatic heterocycles. The van der Waals surface area contributed by atoms with Crippen molar-refractivity contribution in [1.82, 2.24) is 29.6 Å². The molecule has 3 unspecified atom stereocenters. The third-order valence-electron chi connectivity index (χ3n) is 6.73. The van der Waals surface area contributed by atoms with Gasteiger partial charge in [0.05, 0.1) is 17.9 Å². The minimum absolute atomic E-state index is 0.00107. The third-order valence-corrected chi connectivity index (χ3v) is 9.28. The van der Waals surface area contributed by atoms with E-state index in [1.54, 1.807) is 10.5 Å². The molecule has 0 bridgehead atoms. The molecule has 9 nitrogen and oxygen atoms in total. The number of halogens is 3. The first-order valence-corrected chi connectivity index (χ1v) is 13.6. The normalized spacial score (nSPS) is 24.4. The van der Waals surface area contributed by atoms with Gasteiger partial charge in [0.25, 0.3) is 6.43 Å². The van der Waals surface area contributed by atoms with Crippen molar-refractivity contribution in [3.05, 3.63) is 23.5 Å². The Morgan fingerprint density at radius 1 is 1.31 bits per heavy atom. The van der Waals surface area contributed by atoms with Crippen molar-refractivity contribution in [2.75, 3.05) is 18.1 Å². The number of nitrogens with one attached hydrogen (secondary N) is 2. The standard InChI is InChI=1S/C21H26F3N7O2S2/c1-11-12(2)30(9-13(7-22)26-11)15-6-14(35(32,33)29-21(3)4-5-21)10-31-16(8-25-18(15)31)19-27-28-20(34-19)17(23)24/h6,8,10-13,17,26,29H,4-5,7,9H2,1-3H3. The molecule has 0 radical (unpaired) electrons. The monoisotopic (exact) mass is 529 g/mol. The van der Waals surface area contributed by atoms with E-state index >= 15 is 0 Å². The van der Waals surface area contributed by atoms with Gasteiger partial charge in [0.15, 0.2) is 15.7 Å². The molecule has 0 spiro atoms. The van der Waals surface area contributed by atoms with E-state index in [9.17, 15) is 21.6 Å². The maximum absolute atomic E-state index is 13.6. The molecule has 1 aliphatic carbocycles. The van der Waals surface area contributed by atoms with Gasteiger partial charge in [-0.15, -0.1) is 10.2 Å². The van der Waals surface area contributed by atoms with Crippen LogP contribution in [0.25, 0.3) is 16.3 Å². The van der Waals surface area contributed by atoms with Crippen molar-refractivity contribution < 1.29 is 21.6 Å². The Morgan fingerprint density at radius 2 is 2.06 bits per heavy atom. The second-order valence-electron chi connectivity index (χ2n) is 9.51. The maximum atomic E-state index is 13.6. The first-order valence-electron chi connectivity index (χ1n) is 11.3. The van der Waals surface area contributed by atoms with Crippen molar-refractivity contribution in [1.29, 1.82) is 0 Å². The zero-order valence-electron chi connectivity index (χ0n) is 19.4. The molecule has 14 heteroatoms. The number of alkyl halides is 3. The Bertz CT molecular complexity index is 1360. The smallest absolute Gasteiger partial charge is 0.291 e. The Balaban J connectivity index is 1.68. The van der Waals surface area contributed by atoms with Crippen LogP contribution in [0.4, 0.5) is 18.9 Å². The van der Waals surface area contributed by atoms with Crippen molar-refractivity contribution >= 4 is 32.7 Å². The summed E-state index contributed by atoms with van der Waals surface area (Å²) in [5, 5.41) is 10.4. The molecule has 190 valence electrons. The van der Waals surface area contributed by atoms with Gasteiger partial charge in [-0.3, -0.25) is 4.40 Å². The number of fused-ring (bicyclic) bond motifs is 1. The van der Waals surface area contributed by atoms with E-state index in [1.165, 1.54) is 12.4 Å². The van der Waals surface area contributed by atoms with Crippen LogP contribution in [0.1, 0.15) is 45.0 Å². The van der Waals surface area contributed by atoms with Crippen LogP contribution in [0.5, 0.6) is 0 Å². The lowest BCUT2D eigenvalue weighted by molar-refractivity contribution is 0.150. The van der Waals surface area contributed by atoms with Crippen molar-refractivity contribution in [3.8, 4) is 10.7 Å². The fourth-order valence-corrected chi connectivity index (χ4v) is 6.50. The van der Waals surface area contributed by atoms with Crippen LogP contribution in [0, 0.1) is 0 Å². The van der Waals surface area contributed by atoms with E-state index in [1.807, 2.05) is 25.7 Å². The van der Waals surface area contributed by atoms with E-state index in [0.717, 1.165) is 24.2 Å². The highest BCUT2D eigenvalue weighted by atomic mass is 32.2. The van der Waals surface area contributed by atoms with Crippen LogP contribution in [-0.2, 0) is 10.0 Å². The Kier molecular flexibility index (Phi) is 6.05. The zero-order chi connectivity index (χ0) is 25.1. The highest BCUT2D eigenvalue weighted by Crippen LogP contribution is 2.38. The lowest BCUT2D eigenvalue weighted by Crippen LogP contribution is -2.61. The third kappa shape index (κ3) is 4.52. The summed E-state index contributed by atoms with van der Waals surface area (Å²) >= 11 is 0.722. The summed E-state index contributed by atoms with van der Waals surface area (Å²) in [6.45, 7) is 5.48. The van der Waals surface area contributed by atoms with Gasteiger partial charge in [0, 0.05) is 30.4 Å². The molecule has 0 amide bonds. The second-order valence-corrected chi connectivity index (χ2v) is 12.2. The predicted molar refractivity (Wildman–Crippen MR) is 126 cm³/mol. The number of rotatable bonds is 7. The Morgan fingerprint density at radius 3 is 2.69 bits per heavy atom. The number of pyridine rings is 1. The molecule has 1 saturated carbocycles. The SMILES string of the molecule is CC1NC(CF)CN(c2cc(S(=O)(=O)NC3(C)CC3)cn3c(-c4nnc(C(F)F)s4)cnc23)C1C. The molecule has 5 rings (SSSR count). The van der Waals surface area contributed by atoms with Crippen LogP contribution in [0.2, 0.25) is 0 Å². The summed E-state index contributed by atoms with van der Waals surface area (Å²) in [6, 6.07) is 0.950. The van der Waals surface area contributed by atoms with Crippen LogP contribution in [-0.4, -0.2) is 64.9 Å². The lowest BCUT2D eigenvalue weighted by atomic mass is 10.0. The van der Waals surface area contributed by atoms with Crippen LogP contribution < -0.4 is 14.9 Å². The van der Waals surface area contributed by atoms with E-state index in [4.69, 9.17) is 0 Å². The molecule has 3 aromatic heterocycles. The summed E-state index contributed by atoms with van der Waals surface area (Å²) in [5.74, 6) is 0. The number of hydrogen-bond donors (Lipinski definition) is 2. The molecular formula is C21H26F3N7O2S2. The summed E-state index contributed by atoms with van der Waals surface area (Å²) in [7, 11) is -3.91. The fraction of sp³-hybridized carbons (Fsp3) is 0.571. The predicted octanol–water partition coefficient (Wildman–Crippen LogP) is 3.15. The number of nitrogens with zero attached hydrogens (tertiary/aromatic N) is 5. The molecule has 1 saturated heterocycles. The molecule has 35 heavy (non-hydrogen) atoms. The van der Waals surface area contributed by atoms with Gasteiger partial charge in [-0.1, -0.05) is 11.3 Å². The van der Waals surface area contributed by atoms with Gasteiger partial charge >= 0.3 is 0 Å². The number of hydrogen-bond acceptors (Lipinski definition) is 8. The van der Waals surface area contributed by atoms with Crippen molar-refractivity contribution in [2.24, 2.45) is 0 Å². The van der Waals surface area contributed by atoms with E-state index in [-0.39, 0.29) is 22.0 Å².